The predicted octanol–water partition coefficient (Wildman–Crippen LogP) is 3.18. The predicted molar refractivity (Wildman–Crippen MR) is 124 cm³/mol. The average molecular weight is 454 g/mol. The molecule has 2 saturated heterocycles. The van der Waals surface area contributed by atoms with Crippen molar-refractivity contribution < 1.29 is 4.79 Å². The molecule has 2 aliphatic heterocycles. The molecule has 0 amide bonds. The van der Waals surface area contributed by atoms with E-state index >= 15 is 0 Å². The number of hydrogen-bond donors (Lipinski definition) is 1. The van der Waals surface area contributed by atoms with E-state index in [4.69, 9.17) is 4.98 Å². The van der Waals surface area contributed by atoms with E-state index in [0.717, 1.165) is 58.4 Å². The van der Waals surface area contributed by atoms with Crippen molar-refractivity contribution in [3.05, 3.63) is 47.8 Å². The van der Waals surface area contributed by atoms with Crippen molar-refractivity contribution in [2.45, 2.75) is 38.0 Å². The zero-order valence-corrected chi connectivity index (χ0v) is 19.5. The number of rotatable bonds is 5. The first-order chi connectivity index (χ1) is 13.6. The van der Waals surface area contributed by atoms with Gasteiger partial charge in [-0.3, -0.25) is 9.78 Å². The van der Waals surface area contributed by atoms with Crippen LogP contribution in [0.5, 0.6) is 0 Å². The number of aromatic nitrogens is 3. The summed E-state index contributed by atoms with van der Waals surface area (Å²) in [5.74, 6) is 0.813. The van der Waals surface area contributed by atoms with Crippen molar-refractivity contribution in [1.82, 2.24) is 24.8 Å². The van der Waals surface area contributed by atoms with Crippen molar-refractivity contribution in [2.75, 3.05) is 32.7 Å². The van der Waals surface area contributed by atoms with E-state index in [-0.39, 0.29) is 41.9 Å². The summed E-state index contributed by atoms with van der Waals surface area (Å²) in [5.41, 5.74) is 2.48. The largest absolute Gasteiger partial charge is 0.332 e. The fourth-order valence-electron chi connectivity index (χ4n) is 4.81. The van der Waals surface area contributed by atoms with Crippen LogP contribution < -0.4 is 5.32 Å². The minimum absolute atomic E-state index is 0. The molecule has 166 valence electrons. The lowest BCUT2D eigenvalue weighted by Gasteiger charge is -2.43. The Bertz CT molecular complexity index is 817. The summed E-state index contributed by atoms with van der Waals surface area (Å²) < 4.78 is 1.84. The van der Waals surface area contributed by atoms with Crippen LogP contribution in [0.25, 0.3) is 0 Å². The molecule has 1 unspecified atom stereocenters. The first-order valence-electron chi connectivity index (χ1n) is 10.5. The number of halogens is 2. The number of ketones is 1. The maximum atomic E-state index is 13.0. The fraction of sp³-hybridized carbons (Fsp3) is 0.591. The molecule has 0 bridgehead atoms. The van der Waals surface area contributed by atoms with Gasteiger partial charge in [0.05, 0.1) is 0 Å². The molecule has 4 rings (SSSR count). The van der Waals surface area contributed by atoms with Crippen LogP contribution in [0, 0.1) is 12.8 Å². The van der Waals surface area contributed by atoms with Gasteiger partial charge in [0, 0.05) is 55.8 Å². The molecule has 1 N–H and O–H groups in total. The minimum Gasteiger partial charge on any atom is -0.332 e. The lowest BCUT2D eigenvalue weighted by atomic mass is 9.74. The first-order valence-corrected chi connectivity index (χ1v) is 10.5. The monoisotopic (exact) mass is 453 g/mol. The zero-order valence-electron chi connectivity index (χ0n) is 17.8. The molecule has 2 fully saturated rings. The summed E-state index contributed by atoms with van der Waals surface area (Å²) in [6, 6.07) is 4.39. The van der Waals surface area contributed by atoms with E-state index in [1.165, 1.54) is 11.3 Å². The van der Waals surface area contributed by atoms with Crippen LogP contribution in [0.4, 0.5) is 0 Å². The smallest absolute Gasteiger partial charge is 0.202 e. The van der Waals surface area contributed by atoms with Crippen LogP contribution in [-0.2, 0) is 12.5 Å². The normalized spacial score (nSPS) is 21.3. The lowest BCUT2D eigenvalue weighted by Crippen LogP contribution is -2.51. The van der Waals surface area contributed by atoms with Gasteiger partial charge in [-0.2, -0.15) is 0 Å². The van der Waals surface area contributed by atoms with E-state index in [1.54, 1.807) is 6.20 Å². The number of aryl methyl sites for hydroxylation is 2. The number of pyridine rings is 1. The molecular formula is C22H33Cl2N5O. The van der Waals surface area contributed by atoms with Crippen molar-refractivity contribution in [2.24, 2.45) is 13.0 Å². The van der Waals surface area contributed by atoms with E-state index < -0.39 is 0 Å². The summed E-state index contributed by atoms with van der Waals surface area (Å²) in [4.78, 5) is 24.6. The Hall–Kier alpha value is -1.47. The number of nitrogens with zero attached hydrogens (tertiary/aromatic N) is 4. The third kappa shape index (κ3) is 5.22. The maximum absolute atomic E-state index is 13.0. The first kappa shape index (κ1) is 24.8. The molecule has 2 aliphatic rings. The van der Waals surface area contributed by atoms with Crippen LogP contribution in [-0.4, -0.2) is 57.9 Å². The molecule has 0 aromatic carbocycles. The lowest BCUT2D eigenvalue weighted by molar-refractivity contribution is 0.0749. The van der Waals surface area contributed by atoms with Crippen molar-refractivity contribution in [1.29, 1.82) is 0 Å². The van der Waals surface area contributed by atoms with Crippen LogP contribution in [0.15, 0.2) is 30.7 Å². The molecule has 2 aromatic rings. The SMILES string of the molecule is Cc1ccc(C2(CN3CCCC(C(=O)c4nccn4C)C3)CCNCC2)nc1.Cl.Cl. The average Bonchev–Trinajstić information content (AvgIpc) is 3.14. The Balaban J connectivity index is 0.00000160. The second kappa shape index (κ2) is 10.7. The molecular weight excluding hydrogens is 421 g/mol. The highest BCUT2D eigenvalue weighted by Crippen LogP contribution is 2.35. The highest BCUT2D eigenvalue weighted by atomic mass is 35.5. The van der Waals surface area contributed by atoms with Crippen LogP contribution in [0.2, 0.25) is 0 Å². The molecule has 2 aromatic heterocycles. The molecule has 0 saturated carbocycles. The number of Topliss-reactive ketones (excluding diaryl/α,β-unsaturated/α-hetero) is 1. The van der Waals surface area contributed by atoms with E-state index in [9.17, 15) is 4.79 Å². The minimum atomic E-state index is 0. The molecule has 4 heterocycles. The molecule has 0 aliphatic carbocycles. The van der Waals surface area contributed by atoms with Gasteiger partial charge in [0.2, 0.25) is 5.78 Å². The third-order valence-corrected chi connectivity index (χ3v) is 6.46. The van der Waals surface area contributed by atoms with Crippen molar-refractivity contribution in [3.63, 3.8) is 0 Å². The van der Waals surface area contributed by atoms with Gasteiger partial charge in [-0.25, -0.2) is 4.98 Å². The summed E-state index contributed by atoms with van der Waals surface area (Å²) >= 11 is 0. The van der Waals surface area contributed by atoms with Gasteiger partial charge in [-0.1, -0.05) is 6.07 Å². The number of carbonyl (C=O) groups is 1. The second-order valence-corrected chi connectivity index (χ2v) is 8.55. The number of likely N-dealkylation sites (tertiary alicyclic amines) is 1. The number of piperidine rings is 2. The Kier molecular flexibility index (Phi) is 8.85. The maximum Gasteiger partial charge on any atom is 0.202 e. The Morgan fingerprint density at radius 2 is 2.00 bits per heavy atom. The Labute approximate surface area is 191 Å². The van der Waals surface area contributed by atoms with Crippen LogP contribution in [0.1, 0.15) is 47.6 Å². The number of hydrogen-bond acceptors (Lipinski definition) is 5. The van der Waals surface area contributed by atoms with E-state index in [0.29, 0.717) is 5.82 Å². The van der Waals surface area contributed by atoms with E-state index in [2.05, 4.69) is 34.3 Å². The van der Waals surface area contributed by atoms with Crippen LogP contribution in [0.3, 0.4) is 0 Å². The van der Waals surface area contributed by atoms with E-state index in [1.807, 2.05) is 24.0 Å². The van der Waals surface area contributed by atoms with Gasteiger partial charge >= 0.3 is 0 Å². The summed E-state index contributed by atoms with van der Waals surface area (Å²) in [7, 11) is 1.90. The van der Waals surface area contributed by atoms with Gasteiger partial charge in [0.25, 0.3) is 0 Å². The van der Waals surface area contributed by atoms with Gasteiger partial charge in [0.1, 0.15) is 0 Å². The quantitative estimate of drug-likeness (QED) is 0.704. The highest BCUT2D eigenvalue weighted by Gasteiger charge is 2.39. The second-order valence-electron chi connectivity index (χ2n) is 8.55. The van der Waals surface area contributed by atoms with Crippen molar-refractivity contribution >= 4 is 30.6 Å². The highest BCUT2D eigenvalue weighted by molar-refractivity contribution is 5.95. The number of nitrogens with one attached hydrogen (secondary N) is 1. The summed E-state index contributed by atoms with van der Waals surface area (Å²) in [6.07, 6.45) is 9.76. The molecule has 0 radical (unpaired) electrons. The molecule has 0 spiro atoms. The number of carbonyl (C=O) groups excluding carboxylic acids is 1. The van der Waals surface area contributed by atoms with Crippen LogP contribution >= 0.6 is 24.8 Å². The number of imidazole rings is 1. The fourth-order valence-corrected chi connectivity index (χ4v) is 4.81. The Morgan fingerprint density at radius 1 is 1.23 bits per heavy atom. The van der Waals surface area contributed by atoms with Gasteiger partial charge < -0.3 is 14.8 Å². The van der Waals surface area contributed by atoms with Crippen molar-refractivity contribution in [3.8, 4) is 0 Å². The summed E-state index contributed by atoms with van der Waals surface area (Å²) in [5, 5.41) is 3.50. The molecule has 1 atom stereocenters. The Morgan fingerprint density at radius 3 is 2.63 bits per heavy atom. The summed E-state index contributed by atoms with van der Waals surface area (Å²) in [6.45, 7) is 7.01. The zero-order chi connectivity index (χ0) is 19.6. The molecule has 8 heteroatoms. The molecule has 30 heavy (non-hydrogen) atoms. The topological polar surface area (TPSA) is 63.1 Å². The van der Waals surface area contributed by atoms with Gasteiger partial charge in [0.15, 0.2) is 5.82 Å². The van der Waals surface area contributed by atoms with Gasteiger partial charge in [-0.15, -0.1) is 24.8 Å². The third-order valence-electron chi connectivity index (χ3n) is 6.46. The van der Waals surface area contributed by atoms with Gasteiger partial charge in [-0.05, 0) is 63.9 Å². The standard InChI is InChI=1S/C22H31N5O.2ClH/c1-17-5-6-19(25-14-17)22(7-9-23-10-8-22)16-27-12-3-4-18(15-27)20(28)21-24-11-13-26(21)2;;/h5-6,11,13-14,18,23H,3-4,7-10,12,15-16H2,1-2H3;2*1H. The molecule has 6 nitrogen and oxygen atoms in total.